The van der Waals surface area contributed by atoms with Gasteiger partial charge in [-0.2, -0.15) is 0 Å². The summed E-state index contributed by atoms with van der Waals surface area (Å²) in [5.74, 6) is -0.381. The maximum atomic E-state index is 11.1. The first-order chi connectivity index (χ1) is 5.50. The first kappa shape index (κ1) is 10.6. The average molecular weight is 171 g/mol. The monoisotopic (exact) mass is 171 g/mol. The number of hydrogen-bond acceptors (Lipinski definition) is 4. The molecular weight excluding hydrogens is 158 g/mol. The lowest BCUT2D eigenvalue weighted by Crippen LogP contribution is -2.33. The van der Waals surface area contributed by atoms with E-state index in [1.54, 1.807) is 21.0 Å². The number of oxime groups is 1. The molecule has 12 heavy (non-hydrogen) atoms. The van der Waals surface area contributed by atoms with Gasteiger partial charge >= 0.3 is 0 Å². The smallest absolute Gasteiger partial charge is 0.273 e. The van der Waals surface area contributed by atoms with Gasteiger partial charge in [-0.05, 0) is 6.92 Å². The number of carbonyl (C=O) groups excluding carboxylic acids is 1. The molecule has 0 bridgehead atoms. The zero-order valence-corrected chi connectivity index (χ0v) is 7.71. The van der Waals surface area contributed by atoms with E-state index in [4.69, 9.17) is 5.41 Å². The Balaban J connectivity index is 4.40. The van der Waals surface area contributed by atoms with Crippen molar-refractivity contribution in [2.24, 2.45) is 5.16 Å². The predicted molar refractivity (Wildman–Crippen MR) is 46.5 cm³/mol. The highest BCUT2D eigenvalue weighted by Gasteiger charge is 2.14. The largest absolute Gasteiger partial charge is 0.399 e. The molecule has 0 spiro atoms. The summed E-state index contributed by atoms with van der Waals surface area (Å²) in [6.07, 6.45) is 0. The predicted octanol–water partition coefficient (Wildman–Crippen LogP) is 0.117. The number of nitrogens with one attached hydrogen (secondary N) is 1. The fraction of sp³-hybridized carbons (Fsp3) is 0.571. The maximum absolute atomic E-state index is 11.1. The van der Waals surface area contributed by atoms with Gasteiger partial charge in [-0.1, -0.05) is 5.16 Å². The van der Waals surface area contributed by atoms with Gasteiger partial charge in [-0.15, -0.1) is 0 Å². The van der Waals surface area contributed by atoms with Crippen LogP contribution in [-0.4, -0.2) is 43.4 Å². The molecule has 68 valence electrons. The Bertz CT molecular complexity index is 221. The van der Waals surface area contributed by atoms with Crippen LogP contribution in [-0.2, 0) is 9.63 Å². The first-order valence-electron chi connectivity index (χ1n) is 3.39. The number of carbonyl (C=O) groups is 1. The molecule has 0 atom stereocenters. The van der Waals surface area contributed by atoms with Crippen LogP contribution >= 0.6 is 0 Å². The standard InChI is InChI=1S/C7H13N3O2/c1-5(9-12-4)6(8)7(11)10(2)3/h8H,1-4H3. The lowest BCUT2D eigenvalue weighted by Gasteiger charge is -2.09. The van der Waals surface area contributed by atoms with Crippen LogP contribution in [0.15, 0.2) is 5.16 Å². The van der Waals surface area contributed by atoms with E-state index in [1.807, 2.05) is 0 Å². The van der Waals surface area contributed by atoms with Gasteiger partial charge < -0.3 is 9.74 Å². The van der Waals surface area contributed by atoms with Gasteiger partial charge in [0.25, 0.3) is 5.91 Å². The summed E-state index contributed by atoms with van der Waals surface area (Å²) in [6, 6.07) is 0. The van der Waals surface area contributed by atoms with Gasteiger partial charge in [-0.3, -0.25) is 10.2 Å². The minimum atomic E-state index is -0.381. The molecule has 0 saturated heterocycles. The molecule has 0 aromatic carbocycles. The summed E-state index contributed by atoms with van der Waals surface area (Å²) in [4.78, 5) is 16.9. The van der Waals surface area contributed by atoms with Crippen LogP contribution in [0.5, 0.6) is 0 Å². The fourth-order valence-electron chi connectivity index (χ4n) is 0.561. The lowest BCUT2D eigenvalue weighted by atomic mass is 10.2. The third-order valence-corrected chi connectivity index (χ3v) is 1.21. The molecule has 0 unspecified atom stereocenters. The third-order valence-electron chi connectivity index (χ3n) is 1.21. The molecule has 5 nitrogen and oxygen atoms in total. The first-order valence-corrected chi connectivity index (χ1v) is 3.39. The molecule has 0 aliphatic carbocycles. The van der Waals surface area contributed by atoms with Crippen molar-refractivity contribution in [3.8, 4) is 0 Å². The van der Waals surface area contributed by atoms with Gasteiger partial charge in [0.15, 0.2) is 0 Å². The van der Waals surface area contributed by atoms with Crippen LogP contribution in [0.1, 0.15) is 6.92 Å². The molecule has 0 aromatic rings. The van der Waals surface area contributed by atoms with E-state index >= 15 is 0 Å². The third kappa shape index (κ3) is 2.69. The second kappa shape index (κ2) is 4.48. The van der Waals surface area contributed by atoms with Crippen molar-refractivity contribution < 1.29 is 9.63 Å². The highest BCUT2D eigenvalue weighted by Crippen LogP contribution is 1.87. The summed E-state index contributed by atoms with van der Waals surface area (Å²) in [7, 11) is 4.53. The average Bonchev–Trinajstić information content (AvgIpc) is 2.02. The number of hydrogen-bond donors (Lipinski definition) is 1. The Labute approximate surface area is 71.5 Å². The van der Waals surface area contributed by atoms with Crippen molar-refractivity contribution in [3.05, 3.63) is 0 Å². The zero-order chi connectivity index (χ0) is 9.72. The Kier molecular flexibility index (Phi) is 3.96. The fourth-order valence-corrected chi connectivity index (χ4v) is 0.561. The topological polar surface area (TPSA) is 65.8 Å². The van der Waals surface area contributed by atoms with Crippen molar-refractivity contribution in [2.45, 2.75) is 6.92 Å². The summed E-state index contributed by atoms with van der Waals surface area (Å²) >= 11 is 0. The van der Waals surface area contributed by atoms with Crippen LogP contribution in [0.25, 0.3) is 0 Å². The van der Waals surface area contributed by atoms with Crippen LogP contribution in [0.3, 0.4) is 0 Å². The molecule has 0 rings (SSSR count). The van der Waals surface area contributed by atoms with Crippen molar-refractivity contribution in [2.75, 3.05) is 21.2 Å². The summed E-state index contributed by atoms with van der Waals surface area (Å²) < 4.78 is 0. The van der Waals surface area contributed by atoms with Crippen molar-refractivity contribution >= 4 is 17.3 Å². The molecule has 0 aliphatic rings. The van der Waals surface area contributed by atoms with E-state index in [1.165, 1.54) is 12.0 Å². The van der Waals surface area contributed by atoms with Crippen molar-refractivity contribution in [1.82, 2.24) is 4.90 Å². The minimum Gasteiger partial charge on any atom is -0.399 e. The molecule has 0 heterocycles. The van der Waals surface area contributed by atoms with E-state index in [0.717, 1.165) is 0 Å². The van der Waals surface area contributed by atoms with Crippen molar-refractivity contribution in [1.29, 1.82) is 5.41 Å². The van der Waals surface area contributed by atoms with E-state index in [2.05, 4.69) is 9.99 Å². The van der Waals surface area contributed by atoms with Crippen LogP contribution in [0.2, 0.25) is 0 Å². The van der Waals surface area contributed by atoms with Crippen molar-refractivity contribution in [3.63, 3.8) is 0 Å². The van der Waals surface area contributed by atoms with E-state index < -0.39 is 0 Å². The Morgan fingerprint density at radius 2 is 2.00 bits per heavy atom. The SMILES string of the molecule is CON=C(C)C(=N)C(=O)N(C)C. The number of rotatable bonds is 3. The zero-order valence-electron chi connectivity index (χ0n) is 7.71. The summed E-state index contributed by atoms with van der Waals surface area (Å²) in [6.45, 7) is 1.55. The summed E-state index contributed by atoms with van der Waals surface area (Å²) in [5.41, 5.74) is 0.123. The van der Waals surface area contributed by atoms with Crippen LogP contribution in [0, 0.1) is 5.41 Å². The van der Waals surface area contributed by atoms with Crippen LogP contribution < -0.4 is 0 Å². The molecule has 1 amide bonds. The van der Waals surface area contributed by atoms with Gasteiger partial charge in [-0.25, -0.2) is 0 Å². The Hall–Kier alpha value is -1.39. The van der Waals surface area contributed by atoms with E-state index in [9.17, 15) is 4.79 Å². The Morgan fingerprint density at radius 1 is 1.50 bits per heavy atom. The Morgan fingerprint density at radius 3 is 2.33 bits per heavy atom. The molecule has 5 heteroatoms. The molecule has 0 aromatic heterocycles. The molecule has 0 radical (unpaired) electrons. The molecule has 1 N–H and O–H groups in total. The second-order valence-electron chi connectivity index (χ2n) is 2.43. The molecule has 0 aliphatic heterocycles. The normalized spacial score (nSPS) is 10.8. The number of nitrogens with zero attached hydrogens (tertiary/aromatic N) is 2. The van der Waals surface area contributed by atoms with Gasteiger partial charge in [0.2, 0.25) is 0 Å². The quantitative estimate of drug-likeness (QED) is 0.484. The maximum Gasteiger partial charge on any atom is 0.273 e. The minimum absolute atomic E-state index is 0.151. The molecular formula is C7H13N3O2. The molecule has 0 fully saturated rings. The van der Waals surface area contributed by atoms with Gasteiger partial charge in [0.1, 0.15) is 18.5 Å². The van der Waals surface area contributed by atoms with Gasteiger partial charge in [0, 0.05) is 14.1 Å². The van der Waals surface area contributed by atoms with Crippen LogP contribution in [0.4, 0.5) is 0 Å². The summed E-state index contributed by atoms with van der Waals surface area (Å²) in [5, 5.41) is 10.8. The second-order valence-corrected chi connectivity index (χ2v) is 2.43. The highest BCUT2D eigenvalue weighted by molar-refractivity contribution is 6.65. The highest BCUT2D eigenvalue weighted by atomic mass is 16.6. The van der Waals surface area contributed by atoms with E-state index in [-0.39, 0.29) is 17.3 Å². The number of amides is 1. The van der Waals surface area contributed by atoms with Gasteiger partial charge in [0.05, 0.1) is 0 Å². The lowest BCUT2D eigenvalue weighted by molar-refractivity contribution is -0.121. The van der Waals surface area contributed by atoms with E-state index in [0.29, 0.717) is 0 Å². The molecule has 0 saturated carbocycles.